The molecule has 0 unspecified atom stereocenters. The molecule has 8 aromatic carbocycles. The zero-order chi connectivity index (χ0) is 38.1. The van der Waals surface area contributed by atoms with Crippen LogP contribution in [0.1, 0.15) is 0 Å². The number of aromatic nitrogens is 3. The Morgan fingerprint density at radius 2 is 0.877 bits per heavy atom. The number of thiazole rings is 1. The molecule has 0 aliphatic carbocycles. The molecule has 10 rings (SSSR count). The molecule has 0 atom stereocenters. The maximum Gasteiger partial charge on any atom is 0.356 e. The molecular formula is C51H34N4OS. The first-order valence-corrected chi connectivity index (χ1v) is 19.7. The second-order valence-corrected chi connectivity index (χ2v) is 14.8. The summed E-state index contributed by atoms with van der Waals surface area (Å²) < 4.78 is 2.62. The van der Waals surface area contributed by atoms with Gasteiger partial charge < -0.3 is 4.90 Å². The van der Waals surface area contributed by atoms with Crippen LogP contribution in [0.4, 0.5) is 17.1 Å². The Kier molecular flexibility index (Phi) is 8.78. The third-order valence-electron chi connectivity index (χ3n) is 10.3. The van der Waals surface area contributed by atoms with E-state index in [4.69, 9.17) is 4.98 Å². The maximum absolute atomic E-state index is 13.8. The van der Waals surface area contributed by atoms with Gasteiger partial charge >= 0.3 is 5.69 Å². The van der Waals surface area contributed by atoms with Crippen LogP contribution >= 0.6 is 11.3 Å². The molecule has 10 aromatic rings. The SMILES string of the molecule is O=c1nc(-c2ccccc2)nc2sc3c(-c4cccc(N(c5ccc(-c6ccccc6)cc5)c5ccc(-c6ccccc6)cc5)c4)cc(-c4ccccc4)cc3n12. The molecule has 0 aliphatic rings. The minimum absolute atomic E-state index is 0.348. The second-order valence-electron chi connectivity index (χ2n) is 13.9. The minimum atomic E-state index is -0.348. The van der Waals surface area contributed by atoms with Gasteiger partial charge in [0.2, 0.25) is 4.96 Å². The van der Waals surface area contributed by atoms with Crippen molar-refractivity contribution >= 4 is 43.6 Å². The molecule has 0 saturated heterocycles. The normalized spacial score (nSPS) is 11.2. The van der Waals surface area contributed by atoms with Gasteiger partial charge in [-0.05, 0) is 87.5 Å². The second kappa shape index (κ2) is 14.7. The molecule has 0 N–H and O–H groups in total. The van der Waals surface area contributed by atoms with E-state index >= 15 is 0 Å². The van der Waals surface area contributed by atoms with Crippen molar-refractivity contribution in [3.63, 3.8) is 0 Å². The standard InChI is InChI=1S/C51H34N4OS/c56-50-52-49(40-20-11-4-12-21-40)53-51-55(50)47-34-42(37-18-9-3-10-19-37)33-46(48(47)57-51)41-22-13-23-45(32-41)54(43-28-24-38(25-29-43)35-14-5-1-6-15-35)44-30-26-39(27-31-44)36-16-7-2-8-17-36/h1-34H. The van der Waals surface area contributed by atoms with Crippen molar-refractivity contribution in [2.45, 2.75) is 0 Å². The van der Waals surface area contributed by atoms with Crippen LogP contribution in [0.5, 0.6) is 0 Å². The number of anilines is 3. The minimum Gasteiger partial charge on any atom is -0.310 e. The van der Waals surface area contributed by atoms with Crippen molar-refractivity contribution in [1.82, 2.24) is 14.4 Å². The zero-order valence-electron chi connectivity index (χ0n) is 30.7. The average Bonchev–Trinajstić information content (AvgIpc) is 3.67. The first-order chi connectivity index (χ1) is 28.2. The van der Waals surface area contributed by atoms with E-state index in [2.05, 4.69) is 155 Å². The van der Waals surface area contributed by atoms with E-state index in [1.807, 2.05) is 60.7 Å². The molecule has 0 radical (unpaired) electrons. The molecule has 270 valence electrons. The van der Waals surface area contributed by atoms with E-state index in [9.17, 15) is 4.79 Å². The van der Waals surface area contributed by atoms with E-state index in [1.54, 1.807) is 4.40 Å². The fourth-order valence-electron chi connectivity index (χ4n) is 7.50. The molecule has 0 bridgehead atoms. The molecule has 0 fully saturated rings. The van der Waals surface area contributed by atoms with Gasteiger partial charge in [0.1, 0.15) is 0 Å². The van der Waals surface area contributed by atoms with Crippen molar-refractivity contribution < 1.29 is 0 Å². The fraction of sp³-hybridized carbons (Fsp3) is 0. The van der Waals surface area contributed by atoms with Crippen molar-refractivity contribution in [2.75, 3.05) is 4.90 Å². The van der Waals surface area contributed by atoms with Crippen molar-refractivity contribution in [2.24, 2.45) is 0 Å². The highest BCUT2D eigenvalue weighted by Gasteiger charge is 2.20. The van der Waals surface area contributed by atoms with E-state index in [0.717, 1.165) is 66.2 Å². The fourth-order valence-corrected chi connectivity index (χ4v) is 8.62. The van der Waals surface area contributed by atoms with E-state index in [-0.39, 0.29) is 5.69 Å². The van der Waals surface area contributed by atoms with Crippen LogP contribution in [-0.4, -0.2) is 14.4 Å². The van der Waals surface area contributed by atoms with E-state index < -0.39 is 0 Å². The Bertz CT molecular complexity index is 2970. The van der Waals surface area contributed by atoms with Crippen LogP contribution in [-0.2, 0) is 0 Å². The number of hydrogen-bond donors (Lipinski definition) is 0. The lowest BCUT2D eigenvalue weighted by Gasteiger charge is -2.26. The summed E-state index contributed by atoms with van der Waals surface area (Å²) in [6.07, 6.45) is 0. The summed E-state index contributed by atoms with van der Waals surface area (Å²) in [4.78, 5) is 26.1. The Balaban J connectivity index is 1.14. The monoisotopic (exact) mass is 750 g/mol. The van der Waals surface area contributed by atoms with Crippen LogP contribution in [0.15, 0.2) is 211 Å². The van der Waals surface area contributed by atoms with Gasteiger partial charge in [0.15, 0.2) is 5.82 Å². The molecule has 0 amide bonds. The molecule has 0 saturated carbocycles. The number of nitrogens with zero attached hydrogens (tertiary/aromatic N) is 4. The molecule has 0 spiro atoms. The molecule has 5 nitrogen and oxygen atoms in total. The topological polar surface area (TPSA) is 50.5 Å². The van der Waals surface area contributed by atoms with Crippen LogP contribution in [0, 0.1) is 0 Å². The third-order valence-corrected chi connectivity index (χ3v) is 11.4. The van der Waals surface area contributed by atoms with Crippen LogP contribution in [0.2, 0.25) is 0 Å². The predicted octanol–water partition coefficient (Wildman–Crippen LogP) is 13.1. The molecule has 0 aliphatic heterocycles. The summed E-state index contributed by atoms with van der Waals surface area (Å²) in [5.41, 5.74) is 13.1. The largest absolute Gasteiger partial charge is 0.356 e. The van der Waals surface area contributed by atoms with Crippen LogP contribution < -0.4 is 10.6 Å². The lowest BCUT2D eigenvalue weighted by atomic mass is 9.97. The van der Waals surface area contributed by atoms with Crippen molar-refractivity contribution in [3.05, 3.63) is 217 Å². The van der Waals surface area contributed by atoms with E-state index in [1.165, 1.54) is 22.5 Å². The number of hydrogen-bond acceptors (Lipinski definition) is 5. The first kappa shape index (κ1) is 34.1. The molecular weight excluding hydrogens is 717 g/mol. The van der Waals surface area contributed by atoms with E-state index in [0.29, 0.717) is 10.8 Å². The molecule has 57 heavy (non-hydrogen) atoms. The lowest BCUT2D eigenvalue weighted by molar-refractivity contribution is 0.993. The highest BCUT2D eigenvalue weighted by molar-refractivity contribution is 7.24. The zero-order valence-corrected chi connectivity index (χ0v) is 31.6. The smallest absolute Gasteiger partial charge is 0.310 e. The number of rotatable bonds is 8. The molecule has 2 aromatic heterocycles. The van der Waals surface area contributed by atoms with Gasteiger partial charge in [0.25, 0.3) is 0 Å². The van der Waals surface area contributed by atoms with Gasteiger partial charge in [-0.1, -0.05) is 169 Å². The molecule has 2 heterocycles. The highest BCUT2D eigenvalue weighted by Crippen LogP contribution is 2.42. The Hall–Kier alpha value is -7.41. The van der Waals surface area contributed by atoms with Gasteiger partial charge in [-0.15, -0.1) is 0 Å². The third kappa shape index (κ3) is 6.58. The van der Waals surface area contributed by atoms with Gasteiger partial charge in [0, 0.05) is 28.2 Å². The van der Waals surface area contributed by atoms with Crippen molar-refractivity contribution in [1.29, 1.82) is 0 Å². The lowest BCUT2D eigenvalue weighted by Crippen LogP contribution is -2.17. The van der Waals surface area contributed by atoms with Crippen molar-refractivity contribution in [3.8, 4) is 55.9 Å². The van der Waals surface area contributed by atoms with Gasteiger partial charge in [-0.2, -0.15) is 9.97 Å². The first-order valence-electron chi connectivity index (χ1n) is 18.9. The number of benzene rings is 8. The van der Waals surface area contributed by atoms with Gasteiger partial charge in [0.05, 0.1) is 10.2 Å². The number of fused-ring (bicyclic) bond motifs is 3. The average molecular weight is 751 g/mol. The summed E-state index contributed by atoms with van der Waals surface area (Å²) in [5, 5.41) is 0. The summed E-state index contributed by atoms with van der Waals surface area (Å²) in [6, 6.07) is 71.4. The molecule has 6 heteroatoms. The summed E-state index contributed by atoms with van der Waals surface area (Å²) >= 11 is 1.51. The quantitative estimate of drug-likeness (QED) is 0.155. The summed E-state index contributed by atoms with van der Waals surface area (Å²) in [7, 11) is 0. The highest BCUT2D eigenvalue weighted by atomic mass is 32.1. The summed E-state index contributed by atoms with van der Waals surface area (Å²) in [6.45, 7) is 0. The predicted molar refractivity (Wildman–Crippen MR) is 237 cm³/mol. The van der Waals surface area contributed by atoms with Gasteiger partial charge in [-0.3, -0.25) is 0 Å². The van der Waals surface area contributed by atoms with Crippen LogP contribution in [0.25, 0.3) is 71.1 Å². The maximum atomic E-state index is 13.8. The van der Waals surface area contributed by atoms with Crippen LogP contribution in [0.3, 0.4) is 0 Å². The summed E-state index contributed by atoms with van der Waals surface area (Å²) in [5.74, 6) is 0.422. The van der Waals surface area contributed by atoms with Gasteiger partial charge in [-0.25, -0.2) is 9.20 Å². The Labute approximate surface area is 334 Å². The Morgan fingerprint density at radius 1 is 0.404 bits per heavy atom. The Morgan fingerprint density at radius 3 is 1.42 bits per heavy atom.